The molecule has 2 N–H and O–H groups in total. The lowest BCUT2D eigenvalue weighted by Crippen LogP contribution is -2.18. The highest BCUT2D eigenvalue weighted by molar-refractivity contribution is 7.94. The van der Waals surface area contributed by atoms with Crippen LogP contribution in [0.3, 0.4) is 0 Å². The van der Waals surface area contributed by atoms with Crippen LogP contribution in [0.1, 0.15) is 11.8 Å². The predicted molar refractivity (Wildman–Crippen MR) is 92.2 cm³/mol. The van der Waals surface area contributed by atoms with E-state index in [1.54, 1.807) is 24.3 Å². The van der Waals surface area contributed by atoms with Crippen molar-refractivity contribution < 1.29 is 22.7 Å². The first-order chi connectivity index (χ1) is 11.4. The van der Waals surface area contributed by atoms with E-state index in [4.69, 9.17) is 9.47 Å². The SMILES string of the molecule is COc1ccc(NS(=O)(=O)c2ccc(CNC(C)=O)s2)c(OC)c1. The normalized spacial score (nSPS) is 11.0. The fourth-order valence-electron chi connectivity index (χ4n) is 1.89. The standard InChI is InChI=1S/C15H18N2O5S2/c1-10(18)16-9-12-5-7-15(23-12)24(19,20)17-13-6-4-11(21-2)8-14(13)22-3/h4-8,17H,9H2,1-3H3,(H,16,18). The summed E-state index contributed by atoms with van der Waals surface area (Å²) in [6, 6.07) is 7.97. The van der Waals surface area contributed by atoms with Crippen LogP contribution in [0.2, 0.25) is 0 Å². The van der Waals surface area contributed by atoms with Crippen molar-refractivity contribution in [3.63, 3.8) is 0 Å². The van der Waals surface area contributed by atoms with Gasteiger partial charge in [0.05, 0.1) is 26.5 Å². The summed E-state index contributed by atoms with van der Waals surface area (Å²) in [5, 5.41) is 2.63. The lowest BCUT2D eigenvalue weighted by molar-refractivity contribution is -0.119. The Labute approximate surface area is 144 Å². The Morgan fingerprint density at radius 2 is 1.92 bits per heavy atom. The van der Waals surface area contributed by atoms with E-state index in [-0.39, 0.29) is 10.1 Å². The van der Waals surface area contributed by atoms with Crippen LogP contribution in [0.5, 0.6) is 11.5 Å². The smallest absolute Gasteiger partial charge is 0.271 e. The summed E-state index contributed by atoms with van der Waals surface area (Å²) >= 11 is 1.09. The third kappa shape index (κ3) is 4.39. The minimum absolute atomic E-state index is 0.153. The molecule has 2 aromatic rings. The number of thiophene rings is 1. The van der Waals surface area contributed by atoms with Crippen molar-refractivity contribution in [1.29, 1.82) is 0 Å². The molecule has 9 heteroatoms. The fraction of sp³-hybridized carbons (Fsp3) is 0.267. The van der Waals surface area contributed by atoms with Crippen molar-refractivity contribution in [3.8, 4) is 11.5 Å². The Hall–Kier alpha value is -2.26. The molecular weight excluding hydrogens is 352 g/mol. The van der Waals surface area contributed by atoms with E-state index in [0.717, 1.165) is 16.2 Å². The number of hydrogen-bond donors (Lipinski definition) is 2. The van der Waals surface area contributed by atoms with E-state index in [2.05, 4.69) is 10.0 Å². The van der Waals surface area contributed by atoms with E-state index >= 15 is 0 Å². The van der Waals surface area contributed by atoms with Crippen LogP contribution in [0, 0.1) is 0 Å². The van der Waals surface area contributed by atoms with Gasteiger partial charge < -0.3 is 14.8 Å². The van der Waals surface area contributed by atoms with E-state index in [1.807, 2.05) is 0 Å². The zero-order valence-corrected chi connectivity index (χ0v) is 15.1. The molecule has 2 rings (SSSR count). The first-order valence-electron chi connectivity index (χ1n) is 6.93. The van der Waals surface area contributed by atoms with Gasteiger partial charge in [0.15, 0.2) is 0 Å². The van der Waals surface area contributed by atoms with Crippen LogP contribution in [0.25, 0.3) is 0 Å². The number of sulfonamides is 1. The Bertz CT molecular complexity index is 830. The van der Waals surface area contributed by atoms with Crippen molar-refractivity contribution >= 4 is 33.0 Å². The molecular formula is C15H18N2O5S2. The molecule has 24 heavy (non-hydrogen) atoms. The van der Waals surface area contributed by atoms with Gasteiger partial charge in [-0.25, -0.2) is 8.42 Å². The lowest BCUT2D eigenvalue weighted by Gasteiger charge is -2.12. The fourth-order valence-corrected chi connectivity index (χ4v) is 4.25. The average molecular weight is 370 g/mol. The van der Waals surface area contributed by atoms with Gasteiger partial charge in [0.2, 0.25) is 5.91 Å². The highest BCUT2D eigenvalue weighted by Crippen LogP contribution is 2.32. The van der Waals surface area contributed by atoms with Crippen molar-refractivity contribution in [1.82, 2.24) is 5.32 Å². The van der Waals surface area contributed by atoms with E-state index < -0.39 is 10.0 Å². The number of hydrogen-bond acceptors (Lipinski definition) is 6. The second kappa shape index (κ2) is 7.54. The van der Waals surface area contributed by atoms with Crippen LogP contribution >= 0.6 is 11.3 Å². The molecule has 0 aliphatic rings. The number of amides is 1. The van der Waals surface area contributed by atoms with Crippen molar-refractivity contribution in [2.45, 2.75) is 17.7 Å². The monoisotopic (exact) mass is 370 g/mol. The number of ether oxygens (including phenoxy) is 2. The second-order valence-corrected chi connectivity index (χ2v) is 7.88. The number of nitrogens with one attached hydrogen (secondary N) is 2. The zero-order chi connectivity index (χ0) is 17.7. The molecule has 130 valence electrons. The largest absolute Gasteiger partial charge is 0.497 e. The molecule has 1 amide bonds. The number of methoxy groups -OCH3 is 2. The molecule has 7 nitrogen and oxygen atoms in total. The Morgan fingerprint density at radius 1 is 1.17 bits per heavy atom. The number of carbonyl (C=O) groups is 1. The molecule has 0 unspecified atom stereocenters. The van der Waals surface area contributed by atoms with Crippen LogP contribution < -0.4 is 19.5 Å². The quantitative estimate of drug-likeness (QED) is 0.779. The number of benzene rings is 1. The topological polar surface area (TPSA) is 93.7 Å². The highest BCUT2D eigenvalue weighted by Gasteiger charge is 2.19. The van der Waals surface area contributed by atoms with Gasteiger partial charge in [0, 0.05) is 17.9 Å². The Balaban J connectivity index is 2.21. The summed E-state index contributed by atoms with van der Waals surface area (Å²) in [5.74, 6) is 0.741. The van der Waals surface area contributed by atoms with Gasteiger partial charge >= 0.3 is 0 Å². The molecule has 0 spiro atoms. The molecule has 0 saturated heterocycles. The third-order valence-corrected chi connectivity index (χ3v) is 6.01. The van der Waals surface area contributed by atoms with Gasteiger partial charge in [0.1, 0.15) is 15.7 Å². The third-order valence-electron chi connectivity index (χ3n) is 3.07. The van der Waals surface area contributed by atoms with Gasteiger partial charge in [-0.15, -0.1) is 11.3 Å². The molecule has 0 aliphatic heterocycles. The van der Waals surface area contributed by atoms with Gasteiger partial charge in [-0.3, -0.25) is 9.52 Å². The number of rotatable bonds is 7. The summed E-state index contributed by atoms with van der Waals surface area (Å²) in [6.45, 7) is 1.70. The van der Waals surface area contributed by atoms with E-state index in [9.17, 15) is 13.2 Å². The van der Waals surface area contributed by atoms with Gasteiger partial charge in [-0.2, -0.15) is 0 Å². The van der Waals surface area contributed by atoms with Crippen LogP contribution in [-0.4, -0.2) is 28.5 Å². The second-order valence-electron chi connectivity index (χ2n) is 4.80. The van der Waals surface area contributed by atoms with Gasteiger partial charge in [0.25, 0.3) is 10.0 Å². The van der Waals surface area contributed by atoms with Crippen LogP contribution in [0.4, 0.5) is 5.69 Å². The maximum absolute atomic E-state index is 12.5. The zero-order valence-electron chi connectivity index (χ0n) is 13.5. The number of anilines is 1. The van der Waals surface area contributed by atoms with Crippen molar-refractivity contribution in [3.05, 3.63) is 35.2 Å². The first-order valence-corrected chi connectivity index (χ1v) is 9.23. The molecule has 0 aliphatic carbocycles. The summed E-state index contributed by atoms with van der Waals surface area (Å²) in [5.41, 5.74) is 0.315. The Kier molecular flexibility index (Phi) is 5.68. The van der Waals surface area contributed by atoms with E-state index in [1.165, 1.54) is 27.2 Å². The molecule has 1 aromatic heterocycles. The molecule has 0 bridgehead atoms. The average Bonchev–Trinajstić information content (AvgIpc) is 3.03. The lowest BCUT2D eigenvalue weighted by atomic mass is 10.3. The molecule has 0 fully saturated rings. The molecule has 0 radical (unpaired) electrons. The molecule has 0 atom stereocenters. The maximum atomic E-state index is 12.5. The van der Waals surface area contributed by atoms with Gasteiger partial charge in [-0.05, 0) is 24.3 Å². The molecule has 0 saturated carbocycles. The van der Waals surface area contributed by atoms with Gasteiger partial charge in [-0.1, -0.05) is 0 Å². The van der Waals surface area contributed by atoms with Crippen LogP contribution in [-0.2, 0) is 21.4 Å². The minimum atomic E-state index is -3.75. The predicted octanol–water partition coefficient (Wildman–Crippen LogP) is 2.20. The maximum Gasteiger partial charge on any atom is 0.271 e. The molecule has 1 heterocycles. The Morgan fingerprint density at radius 3 is 2.54 bits per heavy atom. The van der Waals surface area contributed by atoms with E-state index in [0.29, 0.717) is 23.7 Å². The summed E-state index contributed by atoms with van der Waals surface area (Å²) in [6.07, 6.45) is 0. The van der Waals surface area contributed by atoms with Crippen molar-refractivity contribution in [2.75, 3.05) is 18.9 Å². The highest BCUT2D eigenvalue weighted by atomic mass is 32.2. The summed E-state index contributed by atoms with van der Waals surface area (Å²) in [4.78, 5) is 11.7. The summed E-state index contributed by atoms with van der Waals surface area (Å²) < 4.78 is 37.9. The molecule has 1 aromatic carbocycles. The number of carbonyl (C=O) groups excluding carboxylic acids is 1. The van der Waals surface area contributed by atoms with Crippen LogP contribution in [0.15, 0.2) is 34.5 Å². The first kappa shape index (κ1) is 18.1. The summed E-state index contributed by atoms with van der Waals surface area (Å²) in [7, 11) is -0.786. The van der Waals surface area contributed by atoms with Crippen molar-refractivity contribution in [2.24, 2.45) is 0 Å². The minimum Gasteiger partial charge on any atom is -0.497 e.